The predicted molar refractivity (Wildman–Crippen MR) is 91.3 cm³/mol. The van der Waals surface area contributed by atoms with Gasteiger partial charge >= 0.3 is 0 Å². The number of rotatable bonds is 5. The molecule has 0 atom stereocenters. The molecule has 3 rings (SSSR count). The second-order valence-corrected chi connectivity index (χ2v) is 6.81. The molecule has 2 heterocycles. The summed E-state index contributed by atoms with van der Waals surface area (Å²) in [6, 6.07) is 7.76. The zero-order valence-electron chi connectivity index (χ0n) is 12.0. The lowest BCUT2D eigenvalue weighted by atomic mass is 10.3. The van der Waals surface area contributed by atoms with Gasteiger partial charge in [0.15, 0.2) is 0 Å². The summed E-state index contributed by atoms with van der Waals surface area (Å²) in [6.07, 6.45) is 1.55. The van der Waals surface area contributed by atoms with Gasteiger partial charge < -0.3 is 4.84 Å². The van der Waals surface area contributed by atoms with Crippen LogP contribution in [0.2, 0.25) is 5.02 Å². The topological polar surface area (TPSA) is 51.8 Å². The van der Waals surface area contributed by atoms with Crippen LogP contribution in [0.4, 0.5) is 0 Å². The molecule has 0 unspecified atom stereocenters. The minimum absolute atomic E-state index is 0.655. The molecule has 22 heavy (non-hydrogen) atoms. The molecule has 0 aliphatic rings. The molecule has 8 heteroatoms. The van der Waals surface area contributed by atoms with E-state index in [0.717, 1.165) is 31.2 Å². The molecule has 0 aliphatic heterocycles. The first-order chi connectivity index (χ1) is 10.7. The number of nitrogens with zero attached hydrogens (tertiary/aromatic N) is 4. The molecular formula is C14H13ClN4OS2. The first-order valence-electron chi connectivity index (χ1n) is 6.47. The molecule has 0 bridgehead atoms. The van der Waals surface area contributed by atoms with Gasteiger partial charge in [0.05, 0.1) is 15.6 Å². The van der Waals surface area contributed by atoms with E-state index in [2.05, 4.69) is 15.2 Å². The second-order valence-electron chi connectivity index (χ2n) is 4.41. The standard InChI is InChI=1S/C14H13ClN4OS2/c1-9-13(22-14-16-8-17-19(9)14)11(18-20-2)7-21-12-6-4-3-5-10(12)15/h3-6,8H,7H2,1-2H3/b18-11-. The average Bonchev–Trinajstić information content (AvgIpc) is 3.09. The minimum atomic E-state index is 0.655. The quantitative estimate of drug-likeness (QED) is 0.397. The Hall–Kier alpha value is -1.57. The van der Waals surface area contributed by atoms with Gasteiger partial charge in [0.25, 0.3) is 0 Å². The summed E-state index contributed by atoms with van der Waals surface area (Å²) in [4.78, 5) is 12.1. The number of thiazole rings is 1. The van der Waals surface area contributed by atoms with Gasteiger partial charge in [-0.05, 0) is 19.1 Å². The summed E-state index contributed by atoms with van der Waals surface area (Å²) in [6.45, 7) is 2.00. The molecule has 3 aromatic rings. The minimum Gasteiger partial charge on any atom is -0.399 e. The maximum Gasteiger partial charge on any atom is 0.212 e. The van der Waals surface area contributed by atoms with Crippen LogP contribution in [-0.4, -0.2) is 33.2 Å². The van der Waals surface area contributed by atoms with Gasteiger partial charge in [-0.2, -0.15) is 5.10 Å². The van der Waals surface area contributed by atoms with Gasteiger partial charge in [-0.15, -0.1) is 11.8 Å². The van der Waals surface area contributed by atoms with Crippen molar-refractivity contribution in [1.29, 1.82) is 0 Å². The van der Waals surface area contributed by atoms with Gasteiger partial charge in [0.2, 0.25) is 4.96 Å². The van der Waals surface area contributed by atoms with E-state index in [1.165, 1.54) is 0 Å². The third kappa shape index (κ3) is 2.97. The van der Waals surface area contributed by atoms with Crippen molar-refractivity contribution in [3.8, 4) is 0 Å². The summed E-state index contributed by atoms with van der Waals surface area (Å²) < 4.78 is 1.81. The molecule has 5 nitrogen and oxygen atoms in total. The second kappa shape index (κ2) is 6.68. The van der Waals surface area contributed by atoms with E-state index in [9.17, 15) is 0 Å². The van der Waals surface area contributed by atoms with Crippen LogP contribution in [0, 0.1) is 6.92 Å². The normalized spacial score (nSPS) is 12.0. The number of benzene rings is 1. The Bertz CT molecular complexity index is 827. The molecule has 0 aliphatic carbocycles. The highest BCUT2D eigenvalue weighted by Gasteiger charge is 2.17. The third-order valence-electron chi connectivity index (χ3n) is 3.02. The highest BCUT2D eigenvalue weighted by atomic mass is 35.5. The fraction of sp³-hybridized carbons (Fsp3) is 0.214. The highest BCUT2D eigenvalue weighted by Crippen LogP contribution is 2.29. The Kier molecular flexibility index (Phi) is 4.66. The van der Waals surface area contributed by atoms with Crippen LogP contribution in [0.15, 0.2) is 40.6 Å². The number of aryl methyl sites for hydroxylation is 1. The Morgan fingerprint density at radius 1 is 1.45 bits per heavy atom. The van der Waals surface area contributed by atoms with E-state index < -0.39 is 0 Å². The summed E-state index contributed by atoms with van der Waals surface area (Å²) >= 11 is 9.37. The number of fused-ring (bicyclic) bond motifs is 1. The molecular weight excluding hydrogens is 340 g/mol. The van der Waals surface area contributed by atoms with Crippen molar-refractivity contribution in [2.45, 2.75) is 11.8 Å². The van der Waals surface area contributed by atoms with Crippen LogP contribution < -0.4 is 0 Å². The monoisotopic (exact) mass is 352 g/mol. The molecule has 0 spiro atoms. The van der Waals surface area contributed by atoms with Crippen LogP contribution in [0.25, 0.3) is 4.96 Å². The zero-order valence-corrected chi connectivity index (χ0v) is 14.4. The third-order valence-corrected chi connectivity index (χ3v) is 5.74. The average molecular weight is 353 g/mol. The lowest BCUT2D eigenvalue weighted by Crippen LogP contribution is -2.06. The summed E-state index contributed by atoms with van der Waals surface area (Å²) in [5.41, 5.74) is 1.86. The number of thioether (sulfide) groups is 1. The largest absolute Gasteiger partial charge is 0.399 e. The molecule has 114 valence electrons. The number of halogens is 1. The molecule has 0 N–H and O–H groups in total. The van der Waals surface area contributed by atoms with Gasteiger partial charge in [0.1, 0.15) is 19.1 Å². The van der Waals surface area contributed by atoms with E-state index in [0.29, 0.717) is 5.75 Å². The van der Waals surface area contributed by atoms with E-state index in [4.69, 9.17) is 16.4 Å². The van der Waals surface area contributed by atoms with Crippen LogP contribution in [0.5, 0.6) is 0 Å². The van der Waals surface area contributed by atoms with E-state index >= 15 is 0 Å². The van der Waals surface area contributed by atoms with E-state index in [1.807, 2.05) is 35.7 Å². The Morgan fingerprint density at radius 3 is 3.00 bits per heavy atom. The molecule has 0 amide bonds. The molecule has 0 radical (unpaired) electrons. The van der Waals surface area contributed by atoms with Crippen LogP contribution in [0.3, 0.4) is 0 Å². The fourth-order valence-corrected chi connectivity index (χ4v) is 4.29. The van der Waals surface area contributed by atoms with Crippen molar-refractivity contribution >= 4 is 45.4 Å². The lowest BCUT2D eigenvalue weighted by molar-refractivity contribution is 0.213. The van der Waals surface area contributed by atoms with E-state index in [-0.39, 0.29) is 0 Å². The highest BCUT2D eigenvalue weighted by molar-refractivity contribution is 8.00. The van der Waals surface area contributed by atoms with Crippen LogP contribution in [0.1, 0.15) is 10.6 Å². The van der Waals surface area contributed by atoms with E-state index in [1.54, 1.807) is 36.5 Å². The first kappa shape index (κ1) is 15.3. The smallest absolute Gasteiger partial charge is 0.212 e. The number of aromatic nitrogens is 3. The molecule has 0 saturated heterocycles. The fourth-order valence-electron chi connectivity index (χ4n) is 2.01. The summed E-state index contributed by atoms with van der Waals surface area (Å²) in [5.74, 6) is 0.655. The number of oxime groups is 1. The summed E-state index contributed by atoms with van der Waals surface area (Å²) in [7, 11) is 1.55. The number of hydrogen-bond donors (Lipinski definition) is 0. The van der Waals surface area contributed by atoms with Gasteiger partial charge in [-0.3, -0.25) is 0 Å². The van der Waals surface area contributed by atoms with Gasteiger partial charge in [-0.25, -0.2) is 9.50 Å². The maximum atomic E-state index is 6.20. The lowest BCUT2D eigenvalue weighted by Gasteiger charge is -2.06. The SMILES string of the molecule is CO/N=C(/CSc1ccccc1Cl)c1sc2ncnn2c1C. The zero-order chi connectivity index (χ0) is 15.5. The maximum absolute atomic E-state index is 6.20. The van der Waals surface area contributed by atoms with Crippen LogP contribution >= 0.6 is 34.7 Å². The van der Waals surface area contributed by atoms with Crippen molar-refractivity contribution in [2.75, 3.05) is 12.9 Å². The van der Waals surface area contributed by atoms with Crippen LogP contribution in [-0.2, 0) is 4.84 Å². The Labute approximate surface area is 141 Å². The Morgan fingerprint density at radius 2 is 2.27 bits per heavy atom. The first-order valence-corrected chi connectivity index (χ1v) is 8.65. The Balaban J connectivity index is 1.87. The molecule has 1 aromatic carbocycles. The molecule has 0 saturated carbocycles. The van der Waals surface area contributed by atoms with Crippen molar-refractivity contribution in [3.63, 3.8) is 0 Å². The van der Waals surface area contributed by atoms with Crippen molar-refractivity contribution in [3.05, 3.63) is 46.2 Å². The van der Waals surface area contributed by atoms with Crippen molar-refractivity contribution in [2.24, 2.45) is 5.16 Å². The molecule has 2 aromatic heterocycles. The number of hydrogen-bond acceptors (Lipinski definition) is 6. The van der Waals surface area contributed by atoms with Gasteiger partial charge in [-0.1, -0.05) is 40.2 Å². The van der Waals surface area contributed by atoms with Gasteiger partial charge in [0, 0.05) is 10.6 Å². The summed E-state index contributed by atoms with van der Waals surface area (Å²) in [5, 5.41) is 9.11. The molecule has 0 fully saturated rings. The predicted octanol–water partition coefficient (Wildman–Crippen LogP) is 3.90. The van der Waals surface area contributed by atoms with Crippen molar-refractivity contribution in [1.82, 2.24) is 14.6 Å². The van der Waals surface area contributed by atoms with Crippen molar-refractivity contribution < 1.29 is 4.84 Å².